The van der Waals surface area contributed by atoms with Crippen LogP contribution in [0.4, 0.5) is 0 Å². The zero-order valence-corrected chi connectivity index (χ0v) is 25.2. The van der Waals surface area contributed by atoms with E-state index < -0.39 is 29.4 Å². The zero-order valence-electron chi connectivity index (χ0n) is 25.2. The van der Waals surface area contributed by atoms with Crippen molar-refractivity contribution in [3.8, 4) is 0 Å². The van der Waals surface area contributed by atoms with Gasteiger partial charge in [-0.3, -0.25) is 0 Å². The van der Waals surface area contributed by atoms with Crippen LogP contribution in [0.3, 0.4) is 0 Å². The predicted molar refractivity (Wildman–Crippen MR) is 156 cm³/mol. The number of rotatable bonds is 11. The molecular formula is C32H45NO7. The van der Waals surface area contributed by atoms with E-state index in [0.29, 0.717) is 33.7 Å². The number of ether oxygens (including phenoxy) is 3. The van der Waals surface area contributed by atoms with Crippen molar-refractivity contribution >= 4 is 30.3 Å². The molecule has 0 radical (unpaired) electrons. The van der Waals surface area contributed by atoms with Gasteiger partial charge in [0, 0.05) is 23.9 Å². The van der Waals surface area contributed by atoms with Crippen molar-refractivity contribution in [3.63, 3.8) is 0 Å². The molecule has 1 aliphatic heterocycles. The van der Waals surface area contributed by atoms with Gasteiger partial charge in [0.15, 0.2) is 0 Å². The molecule has 1 aliphatic rings. The second-order valence-electron chi connectivity index (χ2n) is 10.2. The molecule has 0 fully saturated rings. The third kappa shape index (κ3) is 10.8. The molecule has 40 heavy (non-hydrogen) atoms. The molecule has 2 rings (SSSR count). The van der Waals surface area contributed by atoms with Crippen LogP contribution in [0, 0.1) is 0 Å². The number of hydrogen-bond acceptors (Lipinski definition) is 8. The fraction of sp³-hybridized carbons (Fsp3) is 0.500. The Morgan fingerprint density at radius 2 is 1.45 bits per heavy atom. The highest BCUT2D eigenvalue weighted by atomic mass is 16.6. The second-order valence-corrected chi connectivity index (χ2v) is 10.2. The van der Waals surface area contributed by atoms with E-state index in [1.807, 2.05) is 24.3 Å². The minimum Gasteiger partial charge on any atom is -0.463 e. The van der Waals surface area contributed by atoms with Crippen molar-refractivity contribution in [3.05, 3.63) is 64.0 Å². The third-order valence-electron chi connectivity index (χ3n) is 5.79. The van der Waals surface area contributed by atoms with Gasteiger partial charge in [-0.05, 0) is 72.1 Å². The number of carbonyl (C=O) groups excluding carboxylic acids is 4. The molecule has 8 nitrogen and oxygen atoms in total. The molecule has 8 heteroatoms. The Balaban J connectivity index is 0.00000101. The zero-order chi connectivity index (χ0) is 30.3. The van der Waals surface area contributed by atoms with E-state index in [1.165, 1.54) is 18.9 Å². The molecule has 1 N–H and O–H groups in total. The quantitative estimate of drug-likeness (QED) is 0.114. The van der Waals surface area contributed by atoms with Gasteiger partial charge in [0.2, 0.25) is 0 Å². The van der Waals surface area contributed by atoms with E-state index in [-0.39, 0.29) is 13.2 Å². The van der Waals surface area contributed by atoms with Crippen LogP contribution in [0.1, 0.15) is 98.1 Å². The lowest BCUT2D eigenvalue weighted by Gasteiger charge is -2.31. The summed E-state index contributed by atoms with van der Waals surface area (Å²) in [5.41, 5.74) is 2.55. The molecular weight excluding hydrogens is 510 g/mol. The number of allylic oxidation sites excluding steroid dienone is 2. The third-order valence-corrected chi connectivity index (χ3v) is 5.79. The maximum Gasteiger partial charge on any atom is 0.336 e. The number of carbonyl (C=O) groups is 4. The fourth-order valence-corrected chi connectivity index (χ4v) is 4.16. The Morgan fingerprint density at radius 1 is 0.900 bits per heavy atom. The summed E-state index contributed by atoms with van der Waals surface area (Å²) in [6.07, 6.45) is 8.16. The molecule has 0 amide bonds. The first-order chi connectivity index (χ1) is 18.9. The van der Waals surface area contributed by atoms with Crippen LogP contribution < -0.4 is 5.32 Å². The van der Waals surface area contributed by atoms with Crippen LogP contribution in [0.5, 0.6) is 0 Å². The average molecular weight is 556 g/mol. The number of benzene rings is 1. The van der Waals surface area contributed by atoms with Crippen molar-refractivity contribution in [1.29, 1.82) is 0 Å². The highest BCUT2D eigenvalue weighted by Crippen LogP contribution is 2.41. The Labute approximate surface area is 238 Å². The first-order valence-electron chi connectivity index (χ1n) is 13.9. The molecule has 0 aliphatic carbocycles. The number of unbranched alkanes of at least 4 members (excludes halogenated alkanes) is 3. The highest BCUT2D eigenvalue weighted by molar-refractivity contribution is 6.00. The first-order valence-corrected chi connectivity index (χ1v) is 13.9. The van der Waals surface area contributed by atoms with Crippen molar-refractivity contribution in [1.82, 2.24) is 5.32 Å². The largest absolute Gasteiger partial charge is 0.463 e. The van der Waals surface area contributed by atoms with Crippen molar-refractivity contribution in [2.75, 3.05) is 13.2 Å². The number of aldehydes is 1. The van der Waals surface area contributed by atoms with Crippen molar-refractivity contribution in [2.45, 2.75) is 92.6 Å². The van der Waals surface area contributed by atoms with Gasteiger partial charge in [0.05, 0.1) is 30.3 Å². The van der Waals surface area contributed by atoms with E-state index in [2.05, 4.69) is 12.2 Å². The van der Waals surface area contributed by atoms with Crippen LogP contribution in [0.25, 0.3) is 6.08 Å². The lowest BCUT2D eigenvalue weighted by atomic mass is 9.78. The van der Waals surface area contributed by atoms with E-state index >= 15 is 0 Å². The number of dihydropyridines is 1. The molecule has 0 unspecified atom stereocenters. The molecule has 220 valence electrons. The Morgan fingerprint density at radius 3 is 1.93 bits per heavy atom. The average Bonchev–Trinajstić information content (AvgIpc) is 2.87. The molecule has 0 atom stereocenters. The smallest absolute Gasteiger partial charge is 0.336 e. The van der Waals surface area contributed by atoms with Crippen LogP contribution >= 0.6 is 0 Å². The molecule has 0 saturated heterocycles. The van der Waals surface area contributed by atoms with E-state index in [0.717, 1.165) is 19.1 Å². The summed E-state index contributed by atoms with van der Waals surface area (Å²) in [5, 5.41) is 3.12. The van der Waals surface area contributed by atoms with Crippen LogP contribution in [0.2, 0.25) is 0 Å². The number of nitrogens with one attached hydrogen (secondary N) is 1. The summed E-state index contributed by atoms with van der Waals surface area (Å²) in [4.78, 5) is 47.9. The molecule has 1 aromatic carbocycles. The SMILES string of the molecule is CCCCCC=O.CCOC(=O)C1=C(C)NC(C)=C(C(=O)OCC)C1c1ccccc1/C=C/C(=O)OC(C)(C)C. The fourth-order valence-electron chi connectivity index (χ4n) is 4.16. The van der Waals surface area contributed by atoms with Gasteiger partial charge in [0.1, 0.15) is 11.9 Å². The first kappa shape index (κ1) is 34.3. The van der Waals surface area contributed by atoms with E-state index in [1.54, 1.807) is 54.5 Å². The summed E-state index contributed by atoms with van der Waals surface area (Å²) >= 11 is 0. The van der Waals surface area contributed by atoms with E-state index in [9.17, 15) is 19.2 Å². The number of esters is 3. The summed E-state index contributed by atoms with van der Waals surface area (Å²) < 4.78 is 16.0. The molecule has 0 saturated carbocycles. The van der Waals surface area contributed by atoms with Gasteiger partial charge in [-0.15, -0.1) is 0 Å². The second kappa shape index (κ2) is 17.1. The van der Waals surface area contributed by atoms with Crippen molar-refractivity contribution < 1.29 is 33.4 Å². The maximum absolute atomic E-state index is 13.0. The van der Waals surface area contributed by atoms with Crippen LogP contribution in [-0.4, -0.2) is 43.0 Å². The highest BCUT2D eigenvalue weighted by Gasteiger charge is 2.38. The molecule has 0 bridgehead atoms. The molecule has 0 spiro atoms. The monoisotopic (exact) mass is 555 g/mol. The Kier molecular flexibility index (Phi) is 14.7. The molecule has 1 aromatic rings. The van der Waals surface area contributed by atoms with Crippen LogP contribution in [-0.2, 0) is 33.4 Å². The predicted octanol–water partition coefficient (Wildman–Crippen LogP) is 6.17. The maximum atomic E-state index is 13.0. The Hall–Kier alpha value is -3.68. The van der Waals surface area contributed by atoms with Crippen LogP contribution in [0.15, 0.2) is 52.9 Å². The standard InChI is InChI=1S/C26H33NO6.C6H12O/c1-8-31-24(29)21-16(3)27-17(4)22(25(30)32-9-2)23(21)19-13-11-10-12-18(19)14-15-20(28)33-26(5,6)7;1-2-3-4-5-6-7/h10-15,23,27H,8-9H2,1-7H3;6H,2-5H2,1H3/b15-14+;. The van der Waals surface area contributed by atoms with Gasteiger partial charge >= 0.3 is 17.9 Å². The molecule has 1 heterocycles. The van der Waals surface area contributed by atoms with Gasteiger partial charge in [-0.1, -0.05) is 44.0 Å². The lowest BCUT2D eigenvalue weighted by Crippen LogP contribution is -2.32. The number of hydrogen-bond donors (Lipinski definition) is 1. The summed E-state index contributed by atoms with van der Waals surface area (Å²) in [6, 6.07) is 7.27. The molecule has 0 aromatic heterocycles. The minimum absolute atomic E-state index is 0.194. The summed E-state index contributed by atoms with van der Waals surface area (Å²) in [6.45, 7) is 14.9. The van der Waals surface area contributed by atoms with Gasteiger partial charge < -0.3 is 24.3 Å². The topological polar surface area (TPSA) is 108 Å². The summed E-state index contributed by atoms with van der Waals surface area (Å²) in [5.74, 6) is -2.26. The van der Waals surface area contributed by atoms with E-state index in [4.69, 9.17) is 14.2 Å². The lowest BCUT2D eigenvalue weighted by molar-refractivity contribution is -0.148. The van der Waals surface area contributed by atoms with Crippen molar-refractivity contribution in [2.24, 2.45) is 0 Å². The van der Waals surface area contributed by atoms with Gasteiger partial charge in [-0.25, -0.2) is 14.4 Å². The minimum atomic E-state index is -0.733. The van der Waals surface area contributed by atoms with Gasteiger partial charge in [-0.2, -0.15) is 0 Å². The normalized spacial score (nSPS) is 13.8. The van der Waals surface area contributed by atoms with Gasteiger partial charge in [0.25, 0.3) is 0 Å². The Bertz CT molecular complexity index is 1080. The summed E-state index contributed by atoms with van der Waals surface area (Å²) in [7, 11) is 0.